The standard InChI is InChI=1S/C8H9NO5S2/c10-5-3-9(4-5)16(13,14)6-1-2-15-7(6)8(11)12/h1-2,5,10H,3-4H2,(H,11,12). The topological polar surface area (TPSA) is 94.9 Å². The van der Waals surface area contributed by atoms with Gasteiger partial charge in [-0.05, 0) is 11.4 Å². The summed E-state index contributed by atoms with van der Waals surface area (Å²) in [7, 11) is -3.76. The predicted molar refractivity (Wildman–Crippen MR) is 56.0 cm³/mol. The molecular formula is C8H9NO5S2. The first-order chi connectivity index (χ1) is 7.43. The minimum Gasteiger partial charge on any atom is -0.477 e. The van der Waals surface area contributed by atoms with Gasteiger partial charge in [-0.25, -0.2) is 13.2 Å². The molecule has 1 aliphatic heterocycles. The lowest BCUT2D eigenvalue weighted by Crippen LogP contribution is -2.53. The van der Waals surface area contributed by atoms with Gasteiger partial charge in [0.25, 0.3) is 0 Å². The van der Waals surface area contributed by atoms with Crippen LogP contribution in [0.25, 0.3) is 0 Å². The van der Waals surface area contributed by atoms with Crippen LogP contribution in [0.1, 0.15) is 9.67 Å². The zero-order valence-electron chi connectivity index (χ0n) is 8.03. The summed E-state index contributed by atoms with van der Waals surface area (Å²) >= 11 is 0.869. The molecule has 0 unspecified atom stereocenters. The summed E-state index contributed by atoms with van der Waals surface area (Å²) in [6.07, 6.45) is -0.651. The van der Waals surface area contributed by atoms with Gasteiger partial charge in [-0.2, -0.15) is 4.31 Å². The van der Waals surface area contributed by atoms with E-state index >= 15 is 0 Å². The molecule has 2 N–H and O–H groups in total. The first-order valence-corrected chi connectivity index (χ1v) is 6.74. The van der Waals surface area contributed by atoms with Crippen molar-refractivity contribution in [3.63, 3.8) is 0 Å². The molecule has 0 atom stereocenters. The minimum absolute atomic E-state index is 0.0250. The van der Waals surface area contributed by atoms with Gasteiger partial charge in [0.1, 0.15) is 9.77 Å². The summed E-state index contributed by atoms with van der Waals surface area (Å²) in [5, 5.41) is 19.3. The molecule has 16 heavy (non-hydrogen) atoms. The predicted octanol–water partition coefficient (Wildman–Crippen LogP) is -0.188. The number of aliphatic hydroxyl groups is 1. The number of rotatable bonds is 3. The fraction of sp³-hybridized carbons (Fsp3) is 0.375. The number of aliphatic hydroxyl groups excluding tert-OH is 1. The molecule has 8 heteroatoms. The second kappa shape index (κ2) is 3.81. The van der Waals surface area contributed by atoms with Gasteiger partial charge in [0.15, 0.2) is 0 Å². The fourth-order valence-corrected chi connectivity index (χ4v) is 4.16. The maximum atomic E-state index is 11.9. The Balaban J connectivity index is 2.36. The molecule has 1 aliphatic rings. The number of β-amino-alcohol motifs (C(OH)–C–C–N with tert-alkyl or cyclic N) is 1. The molecule has 0 aliphatic carbocycles. The Morgan fingerprint density at radius 2 is 2.12 bits per heavy atom. The van der Waals surface area contributed by atoms with E-state index in [0.717, 1.165) is 15.6 Å². The van der Waals surface area contributed by atoms with Crippen molar-refractivity contribution >= 4 is 27.3 Å². The quantitative estimate of drug-likeness (QED) is 0.788. The molecule has 0 bridgehead atoms. The van der Waals surface area contributed by atoms with Crippen molar-refractivity contribution in [2.24, 2.45) is 0 Å². The first-order valence-electron chi connectivity index (χ1n) is 4.42. The maximum Gasteiger partial charge on any atom is 0.347 e. The zero-order chi connectivity index (χ0) is 11.9. The smallest absolute Gasteiger partial charge is 0.347 e. The molecule has 6 nitrogen and oxygen atoms in total. The molecule has 0 saturated carbocycles. The number of carboxylic acids is 1. The second-order valence-electron chi connectivity index (χ2n) is 3.39. The average molecular weight is 263 g/mol. The van der Waals surface area contributed by atoms with Gasteiger partial charge in [0.05, 0.1) is 6.10 Å². The average Bonchev–Trinajstić information content (AvgIpc) is 2.61. The Labute approximate surface area is 95.8 Å². The van der Waals surface area contributed by atoms with E-state index in [-0.39, 0.29) is 22.9 Å². The highest BCUT2D eigenvalue weighted by molar-refractivity contribution is 7.89. The van der Waals surface area contributed by atoms with Crippen LogP contribution >= 0.6 is 11.3 Å². The Bertz CT molecular complexity index is 514. The van der Waals surface area contributed by atoms with Crippen molar-refractivity contribution in [3.05, 3.63) is 16.3 Å². The zero-order valence-corrected chi connectivity index (χ0v) is 9.66. The van der Waals surface area contributed by atoms with Crippen LogP contribution in [-0.2, 0) is 10.0 Å². The molecule has 0 amide bonds. The third-order valence-corrected chi connectivity index (χ3v) is 5.18. The Kier molecular flexibility index (Phi) is 2.74. The van der Waals surface area contributed by atoms with Crippen LogP contribution in [0.5, 0.6) is 0 Å². The number of nitrogens with zero attached hydrogens (tertiary/aromatic N) is 1. The molecule has 1 saturated heterocycles. The second-order valence-corrected chi connectivity index (χ2v) is 6.22. The molecule has 88 valence electrons. The van der Waals surface area contributed by atoms with Gasteiger partial charge in [-0.3, -0.25) is 0 Å². The Morgan fingerprint density at radius 3 is 2.62 bits per heavy atom. The summed E-state index contributed by atoms with van der Waals surface area (Å²) in [6, 6.07) is 1.27. The van der Waals surface area contributed by atoms with Crippen LogP contribution in [0, 0.1) is 0 Å². The van der Waals surface area contributed by atoms with E-state index < -0.39 is 22.1 Å². The van der Waals surface area contributed by atoms with Crippen molar-refractivity contribution < 1.29 is 23.4 Å². The van der Waals surface area contributed by atoms with Crippen molar-refractivity contribution in [1.29, 1.82) is 0 Å². The lowest BCUT2D eigenvalue weighted by atomic mass is 10.2. The number of aromatic carboxylic acids is 1. The van der Waals surface area contributed by atoms with Gasteiger partial charge in [-0.15, -0.1) is 11.3 Å². The van der Waals surface area contributed by atoms with E-state index in [1.807, 2.05) is 0 Å². The molecule has 0 radical (unpaired) electrons. The van der Waals surface area contributed by atoms with Gasteiger partial charge < -0.3 is 10.2 Å². The van der Waals surface area contributed by atoms with Gasteiger partial charge in [0, 0.05) is 13.1 Å². The van der Waals surface area contributed by atoms with Crippen molar-refractivity contribution in [3.8, 4) is 0 Å². The van der Waals surface area contributed by atoms with E-state index in [2.05, 4.69) is 0 Å². The Hall–Kier alpha value is -0.960. The van der Waals surface area contributed by atoms with Crippen LogP contribution < -0.4 is 0 Å². The maximum absolute atomic E-state index is 11.9. The number of carboxylic acid groups (broad SMARTS) is 1. The van der Waals surface area contributed by atoms with Gasteiger partial charge in [0.2, 0.25) is 10.0 Å². The summed E-state index contributed by atoms with van der Waals surface area (Å²) in [5.41, 5.74) is 0. The van der Waals surface area contributed by atoms with E-state index in [9.17, 15) is 13.2 Å². The highest BCUT2D eigenvalue weighted by Crippen LogP contribution is 2.27. The third kappa shape index (κ3) is 1.73. The molecule has 0 spiro atoms. The monoisotopic (exact) mass is 263 g/mol. The number of carbonyl (C=O) groups is 1. The summed E-state index contributed by atoms with van der Waals surface area (Å²) < 4.78 is 24.9. The Morgan fingerprint density at radius 1 is 1.50 bits per heavy atom. The highest BCUT2D eigenvalue weighted by Gasteiger charge is 2.38. The van der Waals surface area contributed by atoms with Crippen molar-refractivity contribution in [2.75, 3.05) is 13.1 Å². The summed E-state index contributed by atoms with van der Waals surface area (Å²) in [4.78, 5) is 10.4. The minimum atomic E-state index is -3.76. The van der Waals surface area contributed by atoms with Crippen LogP contribution in [0.4, 0.5) is 0 Å². The van der Waals surface area contributed by atoms with Crippen molar-refractivity contribution in [2.45, 2.75) is 11.0 Å². The van der Waals surface area contributed by atoms with Crippen molar-refractivity contribution in [1.82, 2.24) is 4.31 Å². The molecule has 2 heterocycles. The third-order valence-electron chi connectivity index (χ3n) is 2.27. The molecule has 1 aromatic heterocycles. The van der Waals surface area contributed by atoms with E-state index in [1.54, 1.807) is 0 Å². The van der Waals surface area contributed by atoms with E-state index in [1.165, 1.54) is 11.4 Å². The number of hydrogen-bond donors (Lipinski definition) is 2. The van der Waals surface area contributed by atoms with Gasteiger partial charge >= 0.3 is 5.97 Å². The van der Waals surface area contributed by atoms with Crippen LogP contribution in [0.3, 0.4) is 0 Å². The lowest BCUT2D eigenvalue weighted by molar-refractivity contribution is 0.0547. The summed E-state index contributed by atoms with van der Waals surface area (Å²) in [5.74, 6) is -1.25. The van der Waals surface area contributed by atoms with Crippen LogP contribution in [-0.4, -0.2) is 48.1 Å². The van der Waals surface area contributed by atoms with Crippen LogP contribution in [0.15, 0.2) is 16.3 Å². The number of sulfonamides is 1. The first kappa shape index (κ1) is 11.5. The molecule has 1 aromatic rings. The number of thiophene rings is 1. The SMILES string of the molecule is O=C(O)c1sccc1S(=O)(=O)N1CC(O)C1. The van der Waals surface area contributed by atoms with Gasteiger partial charge in [-0.1, -0.05) is 0 Å². The highest BCUT2D eigenvalue weighted by atomic mass is 32.2. The molecule has 2 rings (SSSR count). The largest absolute Gasteiger partial charge is 0.477 e. The number of hydrogen-bond acceptors (Lipinski definition) is 5. The molecular weight excluding hydrogens is 254 g/mol. The van der Waals surface area contributed by atoms with E-state index in [0.29, 0.717) is 0 Å². The lowest BCUT2D eigenvalue weighted by Gasteiger charge is -2.34. The summed E-state index contributed by atoms with van der Waals surface area (Å²) in [6.45, 7) is 0.0501. The molecule has 0 aromatic carbocycles. The molecule has 1 fully saturated rings. The fourth-order valence-electron chi connectivity index (χ4n) is 1.41. The normalized spacial score (nSPS) is 18.3. The van der Waals surface area contributed by atoms with Crippen LogP contribution in [0.2, 0.25) is 0 Å². The van der Waals surface area contributed by atoms with E-state index in [4.69, 9.17) is 10.2 Å².